The molecule has 22 heavy (non-hydrogen) atoms. The summed E-state index contributed by atoms with van der Waals surface area (Å²) in [5.74, 6) is 0. The largest absolute Gasteiger partial charge is 0.416 e. The summed E-state index contributed by atoms with van der Waals surface area (Å²) in [5, 5.41) is 3.42. The van der Waals surface area contributed by atoms with Crippen LogP contribution in [0.2, 0.25) is 0 Å². The molecule has 1 saturated heterocycles. The van der Waals surface area contributed by atoms with Gasteiger partial charge in [-0.1, -0.05) is 12.1 Å². The van der Waals surface area contributed by atoms with Crippen molar-refractivity contribution in [3.8, 4) is 0 Å². The molecule has 0 bridgehead atoms. The highest BCUT2D eigenvalue weighted by Crippen LogP contribution is 2.33. The number of benzene rings is 1. The molecule has 2 nitrogen and oxygen atoms in total. The summed E-state index contributed by atoms with van der Waals surface area (Å²) in [6.45, 7) is 3.44. The van der Waals surface area contributed by atoms with Crippen molar-refractivity contribution in [1.29, 1.82) is 0 Å². The molecule has 0 radical (unpaired) electrons. The molecule has 1 aliphatic heterocycles. The maximum Gasteiger partial charge on any atom is 0.416 e. The van der Waals surface area contributed by atoms with Gasteiger partial charge in [0.25, 0.3) is 0 Å². The van der Waals surface area contributed by atoms with E-state index in [0.29, 0.717) is 6.42 Å². The van der Waals surface area contributed by atoms with Gasteiger partial charge in [0.15, 0.2) is 0 Å². The average Bonchev–Trinajstić information content (AvgIpc) is 2.46. The zero-order valence-corrected chi connectivity index (χ0v) is 13.6. The lowest BCUT2D eigenvalue weighted by Crippen LogP contribution is -2.55. The zero-order chi connectivity index (χ0) is 16.4. The predicted octanol–water partition coefficient (Wildman–Crippen LogP) is 3.63. The molecule has 1 heterocycles. The first kappa shape index (κ1) is 17.3. The van der Waals surface area contributed by atoms with Crippen LogP contribution in [0.15, 0.2) is 18.2 Å². The number of nitrogens with one attached hydrogen (secondary N) is 1. The molecule has 1 aromatic rings. The Morgan fingerprint density at radius 1 is 1.27 bits per heavy atom. The predicted molar refractivity (Wildman–Crippen MR) is 83.0 cm³/mol. The monoisotopic (exact) mass is 314 g/mol. The standard InChI is InChI=1S/C17H25F3N2/c1-13-5-6-14(11-15(13)17(18,19)20)7-9-16(22(2)3)8-4-10-21-12-16/h5-6,11,21H,4,7-10,12H2,1-3H3/t16-/m0/s1. The molecule has 0 amide bonds. The molecule has 1 atom stereocenters. The van der Waals surface area contributed by atoms with Crippen molar-refractivity contribution in [3.05, 3.63) is 34.9 Å². The minimum Gasteiger partial charge on any atom is -0.315 e. The molecule has 0 aromatic heterocycles. The van der Waals surface area contributed by atoms with Crippen LogP contribution in [-0.4, -0.2) is 37.6 Å². The maximum absolute atomic E-state index is 13.0. The molecule has 1 N–H and O–H groups in total. The molecule has 1 aliphatic rings. The number of rotatable bonds is 4. The van der Waals surface area contributed by atoms with Gasteiger partial charge in [0, 0.05) is 12.1 Å². The van der Waals surface area contributed by atoms with Gasteiger partial charge in [-0.15, -0.1) is 0 Å². The summed E-state index contributed by atoms with van der Waals surface area (Å²) in [6.07, 6.45) is -0.535. The fourth-order valence-corrected chi connectivity index (χ4v) is 3.28. The fraction of sp³-hybridized carbons (Fsp3) is 0.647. The van der Waals surface area contributed by atoms with E-state index in [1.807, 2.05) is 6.07 Å². The summed E-state index contributed by atoms with van der Waals surface area (Å²) < 4.78 is 39.0. The maximum atomic E-state index is 13.0. The Morgan fingerprint density at radius 2 is 2.00 bits per heavy atom. The van der Waals surface area contributed by atoms with Gasteiger partial charge >= 0.3 is 6.18 Å². The second-order valence-electron chi connectivity index (χ2n) is 6.55. The molecular formula is C17H25F3N2. The van der Waals surface area contributed by atoms with Gasteiger partial charge < -0.3 is 10.2 Å². The van der Waals surface area contributed by atoms with E-state index in [1.165, 1.54) is 13.0 Å². The van der Waals surface area contributed by atoms with E-state index in [1.54, 1.807) is 6.07 Å². The van der Waals surface area contributed by atoms with Gasteiger partial charge in [-0.25, -0.2) is 0 Å². The van der Waals surface area contributed by atoms with Crippen LogP contribution in [0.1, 0.15) is 36.0 Å². The van der Waals surface area contributed by atoms with Crippen molar-refractivity contribution in [2.24, 2.45) is 0 Å². The third kappa shape index (κ3) is 3.82. The second-order valence-corrected chi connectivity index (χ2v) is 6.55. The van der Waals surface area contributed by atoms with Crippen molar-refractivity contribution < 1.29 is 13.2 Å². The Morgan fingerprint density at radius 3 is 2.55 bits per heavy atom. The van der Waals surface area contributed by atoms with Crippen molar-refractivity contribution in [3.63, 3.8) is 0 Å². The normalized spacial score (nSPS) is 23.0. The molecule has 124 valence electrons. The number of halogens is 3. The van der Waals surface area contributed by atoms with Gasteiger partial charge in [0.2, 0.25) is 0 Å². The Balaban J connectivity index is 2.13. The molecule has 0 unspecified atom stereocenters. The second kappa shape index (κ2) is 6.59. The molecule has 0 aliphatic carbocycles. The first-order chi connectivity index (χ1) is 10.2. The van der Waals surface area contributed by atoms with Crippen LogP contribution in [0.25, 0.3) is 0 Å². The molecule has 2 rings (SSSR count). The van der Waals surface area contributed by atoms with E-state index < -0.39 is 11.7 Å². The fourth-order valence-electron chi connectivity index (χ4n) is 3.28. The van der Waals surface area contributed by atoms with Crippen LogP contribution in [0.5, 0.6) is 0 Å². The summed E-state index contributed by atoms with van der Waals surface area (Å²) in [7, 11) is 4.12. The minimum absolute atomic E-state index is 0.0432. The number of hydrogen-bond acceptors (Lipinski definition) is 2. The van der Waals surface area contributed by atoms with E-state index in [2.05, 4.69) is 24.3 Å². The van der Waals surface area contributed by atoms with Gasteiger partial charge in [0.05, 0.1) is 5.56 Å². The summed E-state index contributed by atoms with van der Waals surface area (Å²) >= 11 is 0. The molecule has 5 heteroatoms. The highest BCUT2D eigenvalue weighted by Gasteiger charge is 2.35. The Bertz CT molecular complexity index is 503. The van der Waals surface area contributed by atoms with E-state index in [9.17, 15) is 13.2 Å². The molecular weight excluding hydrogens is 289 g/mol. The van der Waals surface area contributed by atoms with Crippen molar-refractivity contribution in [2.75, 3.05) is 27.2 Å². The SMILES string of the molecule is Cc1ccc(CC[C@@]2(N(C)C)CCCNC2)cc1C(F)(F)F. The molecule has 1 aromatic carbocycles. The van der Waals surface area contributed by atoms with E-state index in [4.69, 9.17) is 0 Å². The van der Waals surface area contributed by atoms with Gasteiger partial charge in [-0.05, 0) is 70.4 Å². The van der Waals surface area contributed by atoms with E-state index in [-0.39, 0.29) is 11.1 Å². The van der Waals surface area contributed by atoms with Crippen LogP contribution < -0.4 is 5.32 Å². The lowest BCUT2D eigenvalue weighted by atomic mass is 9.83. The van der Waals surface area contributed by atoms with Crippen molar-refractivity contribution >= 4 is 0 Å². The molecule has 0 saturated carbocycles. The van der Waals surface area contributed by atoms with Crippen molar-refractivity contribution in [2.45, 2.75) is 44.3 Å². The average molecular weight is 314 g/mol. The Kier molecular flexibility index (Phi) is 5.17. The van der Waals surface area contributed by atoms with Gasteiger partial charge in [-0.2, -0.15) is 13.2 Å². The Hall–Kier alpha value is -1.07. The zero-order valence-electron chi connectivity index (χ0n) is 13.6. The first-order valence-corrected chi connectivity index (χ1v) is 7.79. The summed E-state index contributed by atoms with van der Waals surface area (Å²) in [6, 6.07) is 4.72. The quantitative estimate of drug-likeness (QED) is 0.913. The van der Waals surface area contributed by atoms with Crippen LogP contribution in [0.4, 0.5) is 13.2 Å². The topological polar surface area (TPSA) is 15.3 Å². The van der Waals surface area contributed by atoms with Crippen LogP contribution >= 0.6 is 0 Å². The summed E-state index contributed by atoms with van der Waals surface area (Å²) in [5.41, 5.74) is 0.593. The van der Waals surface area contributed by atoms with Crippen LogP contribution in [0, 0.1) is 6.92 Å². The summed E-state index contributed by atoms with van der Waals surface area (Å²) in [4.78, 5) is 2.22. The number of aryl methyl sites for hydroxylation is 2. The number of nitrogens with zero attached hydrogens (tertiary/aromatic N) is 1. The van der Waals surface area contributed by atoms with E-state index in [0.717, 1.165) is 37.9 Å². The van der Waals surface area contributed by atoms with Gasteiger partial charge in [0.1, 0.15) is 0 Å². The lowest BCUT2D eigenvalue weighted by molar-refractivity contribution is -0.138. The minimum atomic E-state index is -4.27. The number of likely N-dealkylation sites (N-methyl/N-ethyl adjacent to an activating group) is 1. The van der Waals surface area contributed by atoms with Crippen LogP contribution in [0.3, 0.4) is 0 Å². The lowest BCUT2D eigenvalue weighted by Gasteiger charge is -2.43. The van der Waals surface area contributed by atoms with Gasteiger partial charge in [-0.3, -0.25) is 0 Å². The first-order valence-electron chi connectivity index (χ1n) is 7.79. The molecule has 0 spiro atoms. The smallest absolute Gasteiger partial charge is 0.315 e. The third-order valence-corrected chi connectivity index (χ3v) is 4.88. The van der Waals surface area contributed by atoms with Crippen LogP contribution in [-0.2, 0) is 12.6 Å². The molecule has 1 fully saturated rings. The number of hydrogen-bond donors (Lipinski definition) is 1. The number of piperidine rings is 1. The highest BCUT2D eigenvalue weighted by atomic mass is 19.4. The van der Waals surface area contributed by atoms with E-state index >= 15 is 0 Å². The highest BCUT2D eigenvalue weighted by molar-refractivity contribution is 5.33. The third-order valence-electron chi connectivity index (χ3n) is 4.88. The number of alkyl halides is 3. The Labute approximate surface area is 130 Å². The van der Waals surface area contributed by atoms with Crippen molar-refractivity contribution in [1.82, 2.24) is 10.2 Å².